The predicted molar refractivity (Wildman–Crippen MR) is 147 cm³/mol. The third kappa shape index (κ3) is 7.41. The minimum Gasteiger partial charge on any atom is -0.354 e. The van der Waals surface area contributed by atoms with Crippen LogP contribution in [0.2, 0.25) is 0 Å². The van der Waals surface area contributed by atoms with Gasteiger partial charge in [0.15, 0.2) is 0 Å². The summed E-state index contributed by atoms with van der Waals surface area (Å²) in [6.07, 6.45) is 1.60. The smallest absolute Gasteiger partial charge is 0.264 e. The zero-order valence-electron chi connectivity index (χ0n) is 21.7. The van der Waals surface area contributed by atoms with E-state index in [9.17, 15) is 22.4 Å². The van der Waals surface area contributed by atoms with Gasteiger partial charge in [0.25, 0.3) is 10.0 Å². The van der Waals surface area contributed by atoms with E-state index in [4.69, 9.17) is 0 Å². The molecule has 38 heavy (non-hydrogen) atoms. The van der Waals surface area contributed by atoms with Crippen LogP contribution in [0.4, 0.5) is 10.1 Å². The van der Waals surface area contributed by atoms with Gasteiger partial charge in [-0.1, -0.05) is 62.4 Å². The van der Waals surface area contributed by atoms with Gasteiger partial charge < -0.3 is 10.2 Å². The van der Waals surface area contributed by atoms with Gasteiger partial charge in [-0.15, -0.1) is 0 Å². The number of nitrogens with zero attached hydrogens (tertiary/aromatic N) is 2. The average molecular weight is 540 g/mol. The molecule has 0 aliphatic rings. The van der Waals surface area contributed by atoms with Crippen LogP contribution in [-0.2, 0) is 26.0 Å². The number of carbonyl (C=O) groups excluding carboxylic acids is 2. The van der Waals surface area contributed by atoms with Crippen molar-refractivity contribution in [1.29, 1.82) is 0 Å². The third-order valence-corrected chi connectivity index (χ3v) is 7.93. The van der Waals surface area contributed by atoms with E-state index in [2.05, 4.69) is 5.32 Å². The van der Waals surface area contributed by atoms with Crippen LogP contribution in [0, 0.1) is 5.82 Å². The first-order chi connectivity index (χ1) is 18.3. The number of amides is 2. The zero-order valence-corrected chi connectivity index (χ0v) is 22.5. The van der Waals surface area contributed by atoms with Gasteiger partial charge in [0.05, 0.1) is 10.6 Å². The van der Waals surface area contributed by atoms with Crippen molar-refractivity contribution >= 4 is 27.5 Å². The van der Waals surface area contributed by atoms with Crippen molar-refractivity contribution < 1.29 is 22.4 Å². The number of rotatable bonds is 13. The van der Waals surface area contributed by atoms with Crippen LogP contribution in [-0.4, -0.2) is 50.8 Å². The molecule has 0 aliphatic heterocycles. The molecule has 0 bridgehead atoms. The Bertz CT molecular complexity index is 1290. The van der Waals surface area contributed by atoms with Crippen LogP contribution < -0.4 is 9.62 Å². The van der Waals surface area contributed by atoms with E-state index in [1.807, 2.05) is 44.2 Å². The lowest BCUT2D eigenvalue weighted by Crippen LogP contribution is -2.53. The van der Waals surface area contributed by atoms with Gasteiger partial charge in [-0.25, -0.2) is 12.8 Å². The second kappa shape index (κ2) is 13.7. The molecule has 0 saturated carbocycles. The molecule has 0 aliphatic carbocycles. The summed E-state index contributed by atoms with van der Waals surface area (Å²) < 4.78 is 41.9. The molecule has 1 atom stereocenters. The maximum atomic E-state index is 13.8. The van der Waals surface area contributed by atoms with Crippen LogP contribution in [0.25, 0.3) is 0 Å². The summed E-state index contributed by atoms with van der Waals surface area (Å²) in [5.41, 5.74) is 1.14. The minimum absolute atomic E-state index is 0.000640. The van der Waals surface area contributed by atoms with Crippen molar-refractivity contribution in [1.82, 2.24) is 10.2 Å². The molecule has 1 N–H and O–H groups in total. The molecule has 0 fully saturated rings. The van der Waals surface area contributed by atoms with E-state index in [1.54, 1.807) is 18.2 Å². The highest BCUT2D eigenvalue weighted by Gasteiger charge is 2.33. The highest BCUT2D eigenvalue weighted by atomic mass is 32.2. The predicted octanol–water partition coefficient (Wildman–Crippen LogP) is 4.40. The van der Waals surface area contributed by atoms with E-state index >= 15 is 0 Å². The largest absolute Gasteiger partial charge is 0.354 e. The lowest BCUT2D eigenvalue weighted by atomic mass is 10.1. The molecule has 0 radical (unpaired) electrons. The van der Waals surface area contributed by atoms with Crippen LogP contribution in [0.3, 0.4) is 0 Å². The van der Waals surface area contributed by atoms with E-state index in [0.29, 0.717) is 19.4 Å². The quantitative estimate of drug-likeness (QED) is 0.349. The molecule has 2 amide bonds. The van der Waals surface area contributed by atoms with Crippen molar-refractivity contribution in [2.45, 2.75) is 44.0 Å². The fourth-order valence-corrected chi connectivity index (χ4v) is 5.55. The number of halogens is 1. The Morgan fingerprint density at radius 2 is 1.50 bits per heavy atom. The fraction of sp³-hybridized carbons (Fsp3) is 0.310. The summed E-state index contributed by atoms with van der Waals surface area (Å²) in [5.74, 6) is -1.33. The summed E-state index contributed by atoms with van der Waals surface area (Å²) in [6, 6.07) is 21.5. The summed E-state index contributed by atoms with van der Waals surface area (Å²) in [7, 11) is -4.17. The second-order valence-corrected chi connectivity index (χ2v) is 10.7. The molecule has 0 heterocycles. The maximum absolute atomic E-state index is 13.8. The number of carbonyl (C=O) groups is 2. The zero-order chi connectivity index (χ0) is 27.5. The standard InChI is InChI=1S/C29H34FN3O4S/c1-3-20-31-29(35)27(4-2)32(21-19-23-11-7-5-8-12-23)28(34)22-33(25-17-15-24(30)16-18-25)38(36,37)26-13-9-6-10-14-26/h5-18,27H,3-4,19-22H2,1-2H3,(H,31,35). The first-order valence-electron chi connectivity index (χ1n) is 12.7. The van der Waals surface area contributed by atoms with Crippen LogP contribution in [0.15, 0.2) is 89.8 Å². The number of hydrogen-bond donors (Lipinski definition) is 1. The first-order valence-corrected chi connectivity index (χ1v) is 14.2. The average Bonchev–Trinajstić information content (AvgIpc) is 2.94. The molecule has 9 heteroatoms. The van der Waals surface area contributed by atoms with Crippen LogP contribution >= 0.6 is 0 Å². The number of nitrogens with one attached hydrogen (secondary N) is 1. The summed E-state index contributed by atoms with van der Waals surface area (Å²) in [4.78, 5) is 28.3. The summed E-state index contributed by atoms with van der Waals surface area (Å²) in [6.45, 7) is 3.91. The van der Waals surface area contributed by atoms with E-state index in [0.717, 1.165) is 28.4 Å². The number of anilines is 1. The highest BCUT2D eigenvalue weighted by molar-refractivity contribution is 7.92. The Balaban J connectivity index is 1.97. The topological polar surface area (TPSA) is 86.8 Å². The fourth-order valence-electron chi connectivity index (χ4n) is 4.12. The van der Waals surface area contributed by atoms with Gasteiger partial charge in [0, 0.05) is 13.1 Å². The molecule has 3 rings (SSSR count). The summed E-state index contributed by atoms with van der Waals surface area (Å²) >= 11 is 0. The molecular formula is C29H34FN3O4S. The van der Waals surface area contributed by atoms with Gasteiger partial charge in [-0.2, -0.15) is 0 Å². The summed E-state index contributed by atoms with van der Waals surface area (Å²) in [5, 5.41) is 2.86. The van der Waals surface area contributed by atoms with Gasteiger partial charge >= 0.3 is 0 Å². The van der Waals surface area contributed by atoms with Gasteiger partial charge in [-0.05, 0) is 61.2 Å². The molecule has 7 nitrogen and oxygen atoms in total. The molecule has 1 unspecified atom stereocenters. The normalized spacial score (nSPS) is 12.0. The van der Waals surface area contributed by atoms with Crippen molar-refractivity contribution in [3.05, 3.63) is 96.3 Å². The van der Waals surface area contributed by atoms with E-state index < -0.39 is 34.3 Å². The third-order valence-electron chi connectivity index (χ3n) is 6.14. The number of hydrogen-bond acceptors (Lipinski definition) is 4. The Morgan fingerprint density at radius 1 is 0.895 bits per heavy atom. The Labute approximate surface area is 224 Å². The van der Waals surface area contributed by atoms with E-state index in [-0.39, 0.29) is 23.0 Å². The SMILES string of the molecule is CCCNC(=O)C(CC)N(CCc1ccccc1)C(=O)CN(c1ccc(F)cc1)S(=O)(=O)c1ccccc1. The lowest BCUT2D eigenvalue weighted by molar-refractivity contribution is -0.139. The Kier molecular flexibility index (Phi) is 10.4. The van der Waals surface area contributed by atoms with Crippen molar-refractivity contribution in [3.63, 3.8) is 0 Å². The first kappa shape index (κ1) is 28.8. The minimum atomic E-state index is -4.17. The van der Waals surface area contributed by atoms with Crippen LogP contribution in [0.1, 0.15) is 32.3 Å². The van der Waals surface area contributed by atoms with Crippen molar-refractivity contribution in [2.75, 3.05) is 23.9 Å². The molecule has 0 aromatic heterocycles. The Hall–Kier alpha value is -3.72. The second-order valence-electron chi connectivity index (χ2n) is 8.84. The maximum Gasteiger partial charge on any atom is 0.264 e. The monoisotopic (exact) mass is 539 g/mol. The molecule has 202 valence electrons. The van der Waals surface area contributed by atoms with Gasteiger partial charge in [0.1, 0.15) is 18.4 Å². The molecule has 3 aromatic carbocycles. The van der Waals surface area contributed by atoms with Crippen molar-refractivity contribution in [2.24, 2.45) is 0 Å². The van der Waals surface area contributed by atoms with E-state index in [1.165, 1.54) is 29.2 Å². The number of sulfonamides is 1. The van der Waals surface area contributed by atoms with Crippen LogP contribution in [0.5, 0.6) is 0 Å². The van der Waals surface area contributed by atoms with Crippen molar-refractivity contribution in [3.8, 4) is 0 Å². The molecule has 0 spiro atoms. The highest BCUT2D eigenvalue weighted by Crippen LogP contribution is 2.24. The number of benzene rings is 3. The lowest BCUT2D eigenvalue weighted by Gasteiger charge is -2.33. The Morgan fingerprint density at radius 3 is 2.08 bits per heavy atom. The van der Waals surface area contributed by atoms with Gasteiger partial charge in [-0.3, -0.25) is 13.9 Å². The molecular weight excluding hydrogens is 505 g/mol. The molecule has 0 saturated heterocycles. The molecule has 3 aromatic rings. The van der Waals surface area contributed by atoms with Gasteiger partial charge in [0.2, 0.25) is 11.8 Å².